The third-order valence-corrected chi connectivity index (χ3v) is 2.59. The van der Waals surface area contributed by atoms with Crippen LogP contribution < -0.4 is 5.56 Å². The molecule has 0 aliphatic carbocycles. The van der Waals surface area contributed by atoms with E-state index in [1.54, 1.807) is 6.07 Å². The van der Waals surface area contributed by atoms with Crippen molar-refractivity contribution in [3.05, 3.63) is 27.7 Å². The van der Waals surface area contributed by atoms with Gasteiger partial charge >= 0.3 is 0 Å². The number of nitriles is 1. The molecule has 1 rings (SSSR count). The molecule has 0 saturated carbocycles. The summed E-state index contributed by atoms with van der Waals surface area (Å²) in [5.74, 6) is 0. The molecule has 17 heavy (non-hydrogen) atoms. The summed E-state index contributed by atoms with van der Waals surface area (Å²) in [5.41, 5.74) is 0.521. The molecule has 1 aromatic heterocycles. The van der Waals surface area contributed by atoms with E-state index in [0.717, 1.165) is 18.5 Å². The molecule has 4 nitrogen and oxygen atoms in total. The van der Waals surface area contributed by atoms with Gasteiger partial charge in [0.1, 0.15) is 11.6 Å². The molecule has 0 atom stereocenters. The molecule has 0 aliphatic rings. The minimum atomic E-state index is -0.283. The van der Waals surface area contributed by atoms with Crippen LogP contribution in [-0.2, 0) is 12.0 Å². The second-order valence-electron chi connectivity index (χ2n) is 5.19. The van der Waals surface area contributed by atoms with Crippen molar-refractivity contribution in [1.29, 1.82) is 5.26 Å². The molecule has 92 valence electrons. The van der Waals surface area contributed by atoms with Gasteiger partial charge in [-0.1, -0.05) is 34.1 Å². The van der Waals surface area contributed by atoms with E-state index in [9.17, 15) is 4.79 Å². The zero-order valence-corrected chi connectivity index (χ0v) is 10.9. The van der Waals surface area contributed by atoms with Gasteiger partial charge in [0.2, 0.25) is 0 Å². The number of nitrogens with zero attached hydrogens (tertiary/aromatic N) is 3. The Labute approximate surface area is 102 Å². The van der Waals surface area contributed by atoms with Crippen molar-refractivity contribution < 1.29 is 0 Å². The molecule has 0 aromatic carbocycles. The van der Waals surface area contributed by atoms with Crippen molar-refractivity contribution in [2.24, 2.45) is 0 Å². The lowest BCUT2D eigenvalue weighted by Crippen LogP contribution is -2.29. The Morgan fingerprint density at radius 3 is 2.59 bits per heavy atom. The van der Waals surface area contributed by atoms with E-state index in [-0.39, 0.29) is 16.5 Å². The minimum absolute atomic E-state index is 0.159. The number of aryl methyl sites for hydroxylation is 1. The van der Waals surface area contributed by atoms with Crippen LogP contribution in [0.15, 0.2) is 10.9 Å². The molecule has 0 spiro atoms. The molecule has 0 unspecified atom stereocenters. The maximum absolute atomic E-state index is 11.9. The molecular formula is C13H19N3O. The van der Waals surface area contributed by atoms with Gasteiger partial charge in [-0.25, -0.2) is 4.68 Å². The average Bonchev–Trinajstić information content (AvgIpc) is 2.26. The number of hydrogen-bond acceptors (Lipinski definition) is 3. The summed E-state index contributed by atoms with van der Waals surface area (Å²) < 4.78 is 1.42. The van der Waals surface area contributed by atoms with Crippen LogP contribution in [0.4, 0.5) is 0 Å². The third-order valence-electron chi connectivity index (χ3n) is 2.59. The van der Waals surface area contributed by atoms with Crippen LogP contribution >= 0.6 is 0 Å². The van der Waals surface area contributed by atoms with Crippen LogP contribution in [0.2, 0.25) is 0 Å². The molecule has 0 N–H and O–H groups in total. The molecule has 0 bridgehead atoms. The molecule has 0 fully saturated rings. The van der Waals surface area contributed by atoms with Crippen molar-refractivity contribution in [3.8, 4) is 6.07 Å². The first-order valence-electron chi connectivity index (χ1n) is 5.93. The predicted molar refractivity (Wildman–Crippen MR) is 66.8 cm³/mol. The first-order valence-corrected chi connectivity index (χ1v) is 5.93. The normalized spacial score (nSPS) is 11.2. The Balaban J connectivity index is 3.30. The van der Waals surface area contributed by atoms with Gasteiger partial charge in [0.15, 0.2) is 0 Å². The molecular weight excluding hydrogens is 214 g/mol. The Kier molecular flexibility index (Phi) is 4.06. The van der Waals surface area contributed by atoms with Gasteiger partial charge in [0, 0.05) is 12.0 Å². The van der Waals surface area contributed by atoms with Crippen LogP contribution in [0.25, 0.3) is 0 Å². The Morgan fingerprint density at radius 1 is 1.47 bits per heavy atom. The third kappa shape index (κ3) is 3.16. The van der Waals surface area contributed by atoms with Crippen LogP contribution in [0.5, 0.6) is 0 Å². The van der Waals surface area contributed by atoms with E-state index in [2.05, 4.69) is 12.0 Å². The highest BCUT2D eigenvalue weighted by molar-refractivity contribution is 5.29. The fourth-order valence-electron chi connectivity index (χ4n) is 1.45. The van der Waals surface area contributed by atoms with Crippen molar-refractivity contribution in [3.63, 3.8) is 0 Å². The molecule has 0 amide bonds. The number of hydrogen-bond donors (Lipinski definition) is 0. The molecule has 1 aromatic rings. The van der Waals surface area contributed by atoms with E-state index >= 15 is 0 Å². The van der Waals surface area contributed by atoms with Crippen LogP contribution in [0.1, 0.15) is 51.8 Å². The second-order valence-corrected chi connectivity index (χ2v) is 5.19. The SMILES string of the molecule is CCCCn1nc(C(C)(C)C)cc(C#N)c1=O. The van der Waals surface area contributed by atoms with Gasteiger partial charge in [0.05, 0.1) is 5.69 Å². The molecule has 4 heteroatoms. The highest BCUT2D eigenvalue weighted by Gasteiger charge is 2.19. The minimum Gasteiger partial charge on any atom is -0.266 e. The van der Waals surface area contributed by atoms with Crippen molar-refractivity contribution in [1.82, 2.24) is 9.78 Å². The summed E-state index contributed by atoms with van der Waals surface area (Å²) in [4.78, 5) is 11.9. The van der Waals surface area contributed by atoms with E-state index in [1.807, 2.05) is 26.8 Å². The van der Waals surface area contributed by atoms with Crippen molar-refractivity contribution >= 4 is 0 Å². The first kappa shape index (κ1) is 13.4. The Hall–Kier alpha value is -1.63. The maximum Gasteiger partial charge on any atom is 0.284 e. The van der Waals surface area contributed by atoms with Gasteiger partial charge in [-0.3, -0.25) is 4.79 Å². The zero-order chi connectivity index (χ0) is 13.1. The summed E-state index contributed by atoms with van der Waals surface area (Å²) >= 11 is 0. The molecule has 0 saturated heterocycles. The maximum atomic E-state index is 11.9. The summed E-state index contributed by atoms with van der Waals surface area (Å²) in [7, 11) is 0. The standard InChI is InChI=1S/C13H19N3O/c1-5-6-7-16-12(17)10(9-14)8-11(15-16)13(2,3)4/h8H,5-7H2,1-4H3. The lowest BCUT2D eigenvalue weighted by molar-refractivity contribution is 0.485. The first-order chi connectivity index (χ1) is 7.90. The largest absolute Gasteiger partial charge is 0.284 e. The second kappa shape index (κ2) is 5.13. The quantitative estimate of drug-likeness (QED) is 0.804. The highest BCUT2D eigenvalue weighted by atomic mass is 16.1. The van der Waals surface area contributed by atoms with Crippen LogP contribution in [-0.4, -0.2) is 9.78 Å². The summed E-state index contributed by atoms with van der Waals surface area (Å²) in [6.07, 6.45) is 1.89. The number of unbranched alkanes of at least 4 members (excludes halogenated alkanes) is 1. The lowest BCUT2D eigenvalue weighted by atomic mass is 9.91. The summed E-state index contributed by atoms with van der Waals surface area (Å²) in [6, 6.07) is 3.55. The topological polar surface area (TPSA) is 58.7 Å². The zero-order valence-electron chi connectivity index (χ0n) is 10.9. The lowest BCUT2D eigenvalue weighted by Gasteiger charge is -2.19. The van der Waals surface area contributed by atoms with E-state index in [0.29, 0.717) is 6.54 Å². The van der Waals surface area contributed by atoms with Crippen LogP contribution in [0, 0.1) is 11.3 Å². The van der Waals surface area contributed by atoms with Gasteiger partial charge in [-0.05, 0) is 12.5 Å². The van der Waals surface area contributed by atoms with Gasteiger partial charge in [-0.15, -0.1) is 0 Å². The fraction of sp³-hybridized carbons (Fsp3) is 0.615. The fourth-order valence-corrected chi connectivity index (χ4v) is 1.45. The smallest absolute Gasteiger partial charge is 0.266 e. The Morgan fingerprint density at radius 2 is 2.12 bits per heavy atom. The number of rotatable bonds is 3. The van der Waals surface area contributed by atoms with E-state index in [1.165, 1.54) is 4.68 Å². The van der Waals surface area contributed by atoms with E-state index in [4.69, 9.17) is 5.26 Å². The van der Waals surface area contributed by atoms with Gasteiger partial charge in [0.25, 0.3) is 5.56 Å². The summed E-state index contributed by atoms with van der Waals surface area (Å²) in [6.45, 7) is 8.69. The monoisotopic (exact) mass is 233 g/mol. The van der Waals surface area contributed by atoms with Crippen molar-refractivity contribution in [2.75, 3.05) is 0 Å². The number of aromatic nitrogens is 2. The van der Waals surface area contributed by atoms with Gasteiger partial charge in [-0.2, -0.15) is 10.4 Å². The van der Waals surface area contributed by atoms with E-state index < -0.39 is 0 Å². The molecule has 1 heterocycles. The highest BCUT2D eigenvalue weighted by Crippen LogP contribution is 2.19. The average molecular weight is 233 g/mol. The molecule has 0 aliphatic heterocycles. The van der Waals surface area contributed by atoms with Gasteiger partial charge < -0.3 is 0 Å². The summed E-state index contributed by atoms with van der Waals surface area (Å²) in [5, 5.41) is 13.3. The molecule has 0 radical (unpaired) electrons. The van der Waals surface area contributed by atoms with Crippen molar-refractivity contribution in [2.45, 2.75) is 52.5 Å². The van der Waals surface area contributed by atoms with Crippen LogP contribution in [0.3, 0.4) is 0 Å². The predicted octanol–water partition coefficient (Wildman–Crippen LogP) is 2.21. The Bertz CT molecular complexity index is 489.